The molecule has 0 radical (unpaired) electrons. The Morgan fingerprint density at radius 1 is 1.23 bits per heavy atom. The van der Waals surface area contributed by atoms with E-state index >= 15 is 0 Å². The van der Waals surface area contributed by atoms with Crippen LogP contribution in [-0.4, -0.2) is 14.6 Å². The number of halogens is 3. The second-order valence-corrected chi connectivity index (χ2v) is 2.46. The number of hydrogen-bond donors (Lipinski definition) is 0. The molecule has 0 aromatic carbocycles. The van der Waals surface area contributed by atoms with Gasteiger partial charge in [-0.25, -0.2) is 4.52 Å². The summed E-state index contributed by atoms with van der Waals surface area (Å²) in [6.45, 7) is 0. The number of alkyl halides is 3. The monoisotopic (exact) mass is 187 g/mol. The van der Waals surface area contributed by atoms with Crippen LogP contribution in [0, 0.1) is 0 Å². The highest BCUT2D eigenvalue weighted by Crippen LogP contribution is 2.31. The maximum Gasteiger partial charge on any atom is 0.420 e. The van der Waals surface area contributed by atoms with Crippen molar-refractivity contribution in [1.82, 2.24) is 14.6 Å². The molecule has 0 aliphatic heterocycles. The van der Waals surface area contributed by atoms with Gasteiger partial charge in [0.2, 0.25) is 0 Å². The zero-order chi connectivity index (χ0) is 9.47. The summed E-state index contributed by atoms with van der Waals surface area (Å²) in [4.78, 5) is 3.60. The highest BCUT2D eigenvalue weighted by Gasteiger charge is 2.34. The van der Waals surface area contributed by atoms with Gasteiger partial charge in [-0.3, -0.25) is 4.98 Å². The van der Waals surface area contributed by atoms with Crippen molar-refractivity contribution in [3.63, 3.8) is 0 Å². The minimum Gasteiger partial charge on any atom is -0.261 e. The predicted octanol–water partition coefficient (Wildman–Crippen LogP) is 1.75. The van der Waals surface area contributed by atoms with Crippen LogP contribution in [0.4, 0.5) is 13.2 Å². The first-order valence-electron chi connectivity index (χ1n) is 3.43. The van der Waals surface area contributed by atoms with Crippen LogP contribution in [0.2, 0.25) is 0 Å². The molecule has 0 saturated heterocycles. The fourth-order valence-corrected chi connectivity index (χ4v) is 1.05. The molecule has 3 nitrogen and oxygen atoms in total. The first-order valence-corrected chi connectivity index (χ1v) is 3.43. The molecule has 2 rings (SSSR count). The number of fused-ring (bicyclic) bond motifs is 1. The van der Waals surface area contributed by atoms with E-state index in [1.807, 2.05) is 0 Å². The van der Waals surface area contributed by atoms with Crippen LogP contribution in [0.5, 0.6) is 0 Å². The van der Waals surface area contributed by atoms with Crippen LogP contribution in [0.3, 0.4) is 0 Å². The first kappa shape index (κ1) is 8.03. The molecule has 13 heavy (non-hydrogen) atoms. The smallest absolute Gasteiger partial charge is 0.261 e. The predicted molar refractivity (Wildman–Crippen MR) is 38.0 cm³/mol. The van der Waals surface area contributed by atoms with Crippen molar-refractivity contribution < 1.29 is 13.2 Å². The molecule has 0 amide bonds. The Hall–Kier alpha value is -1.59. The normalized spacial score (nSPS) is 12.2. The lowest BCUT2D eigenvalue weighted by Gasteiger charge is -2.02. The molecule has 0 saturated carbocycles. The van der Waals surface area contributed by atoms with E-state index in [-0.39, 0.29) is 5.52 Å². The highest BCUT2D eigenvalue weighted by atomic mass is 19.4. The molecule has 2 aromatic rings. The van der Waals surface area contributed by atoms with E-state index in [9.17, 15) is 13.2 Å². The largest absolute Gasteiger partial charge is 0.420 e. The van der Waals surface area contributed by atoms with Gasteiger partial charge in [-0.1, -0.05) is 0 Å². The second-order valence-electron chi connectivity index (χ2n) is 2.46. The topological polar surface area (TPSA) is 30.2 Å². The Morgan fingerprint density at radius 2 is 2.00 bits per heavy atom. The highest BCUT2D eigenvalue weighted by molar-refractivity contribution is 5.52. The van der Waals surface area contributed by atoms with Crippen LogP contribution in [-0.2, 0) is 6.18 Å². The third-order valence-corrected chi connectivity index (χ3v) is 1.63. The van der Waals surface area contributed by atoms with Gasteiger partial charge in [0.25, 0.3) is 0 Å². The Bertz CT molecular complexity index is 432. The van der Waals surface area contributed by atoms with Gasteiger partial charge in [-0.2, -0.15) is 18.3 Å². The van der Waals surface area contributed by atoms with Crippen molar-refractivity contribution in [2.45, 2.75) is 6.18 Å². The molecule has 0 atom stereocenters. The van der Waals surface area contributed by atoms with Gasteiger partial charge >= 0.3 is 6.18 Å². The summed E-state index contributed by atoms with van der Waals surface area (Å²) in [6.07, 6.45) is 0.294. The van der Waals surface area contributed by atoms with Crippen LogP contribution in [0.25, 0.3) is 5.52 Å². The molecule has 6 heteroatoms. The second kappa shape index (κ2) is 2.45. The number of rotatable bonds is 0. The van der Waals surface area contributed by atoms with E-state index in [2.05, 4.69) is 10.1 Å². The summed E-state index contributed by atoms with van der Waals surface area (Å²) < 4.78 is 37.9. The van der Waals surface area contributed by atoms with Crippen molar-refractivity contribution in [3.8, 4) is 0 Å². The molecule has 0 unspecified atom stereocenters. The molecule has 68 valence electrons. The fraction of sp³-hybridized carbons (Fsp3) is 0.143. The lowest BCUT2D eigenvalue weighted by Crippen LogP contribution is -2.04. The van der Waals surface area contributed by atoms with E-state index in [0.717, 1.165) is 16.9 Å². The van der Waals surface area contributed by atoms with E-state index in [0.29, 0.717) is 0 Å². The Labute approximate surface area is 70.8 Å². The summed E-state index contributed by atoms with van der Waals surface area (Å²) in [6, 6.07) is 0. The minimum atomic E-state index is -4.37. The molecular formula is C7H4F3N3. The van der Waals surface area contributed by atoms with Crippen LogP contribution < -0.4 is 0 Å². The third-order valence-electron chi connectivity index (χ3n) is 1.63. The maximum atomic E-state index is 12.3. The van der Waals surface area contributed by atoms with Crippen molar-refractivity contribution in [2.75, 3.05) is 0 Å². The number of nitrogens with zero attached hydrogens (tertiary/aromatic N) is 3. The number of hydrogen-bond acceptors (Lipinski definition) is 2. The van der Waals surface area contributed by atoms with E-state index in [1.165, 1.54) is 12.4 Å². The maximum absolute atomic E-state index is 12.3. The quantitative estimate of drug-likeness (QED) is 0.628. The molecule has 2 heterocycles. The average Bonchev–Trinajstić information content (AvgIpc) is 2.45. The van der Waals surface area contributed by atoms with Gasteiger partial charge in [0, 0.05) is 12.4 Å². The Kier molecular flexibility index (Phi) is 1.51. The van der Waals surface area contributed by atoms with Crippen molar-refractivity contribution >= 4 is 5.52 Å². The molecule has 2 aromatic heterocycles. The SMILES string of the molecule is FC(F)(F)c1cnn2ccncc12. The summed E-state index contributed by atoms with van der Waals surface area (Å²) >= 11 is 0. The first-order chi connectivity index (χ1) is 6.09. The lowest BCUT2D eigenvalue weighted by atomic mass is 10.3. The van der Waals surface area contributed by atoms with Crippen LogP contribution >= 0.6 is 0 Å². The summed E-state index contributed by atoms with van der Waals surface area (Å²) in [5, 5.41) is 3.54. The van der Waals surface area contributed by atoms with Crippen molar-refractivity contribution in [3.05, 3.63) is 30.4 Å². The third kappa shape index (κ3) is 1.24. The molecule has 0 bridgehead atoms. The standard InChI is InChI=1S/C7H4F3N3/c8-7(9,10)5-3-12-13-2-1-11-4-6(5)13/h1-4H. The molecule has 0 fully saturated rings. The molecule has 0 aliphatic carbocycles. The average molecular weight is 187 g/mol. The lowest BCUT2D eigenvalue weighted by molar-refractivity contribution is -0.136. The molecule has 0 N–H and O–H groups in total. The molecular weight excluding hydrogens is 183 g/mol. The summed E-state index contributed by atoms with van der Waals surface area (Å²) in [5.74, 6) is 0. The van der Waals surface area contributed by atoms with Crippen LogP contribution in [0.15, 0.2) is 24.8 Å². The van der Waals surface area contributed by atoms with Gasteiger partial charge < -0.3 is 0 Å². The van der Waals surface area contributed by atoms with E-state index < -0.39 is 11.7 Å². The summed E-state index contributed by atoms with van der Waals surface area (Å²) in [5.41, 5.74) is -0.796. The van der Waals surface area contributed by atoms with E-state index in [4.69, 9.17) is 0 Å². The van der Waals surface area contributed by atoms with Gasteiger partial charge in [0.1, 0.15) is 5.56 Å². The zero-order valence-electron chi connectivity index (χ0n) is 6.28. The van der Waals surface area contributed by atoms with E-state index in [1.54, 1.807) is 0 Å². The van der Waals surface area contributed by atoms with Crippen molar-refractivity contribution in [2.24, 2.45) is 0 Å². The van der Waals surface area contributed by atoms with Gasteiger partial charge in [0.15, 0.2) is 0 Å². The molecule has 0 spiro atoms. The Morgan fingerprint density at radius 3 is 2.69 bits per heavy atom. The van der Waals surface area contributed by atoms with Gasteiger partial charge in [-0.15, -0.1) is 0 Å². The summed E-state index contributed by atoms with van der Waals surface area (Å²) in [7, 11) is 0. The van der Waals surface area contributed by atoms with Gasteiger partial charge in [0.05, 0.1) is 17.9 Å². The fourth-order valence-electron chi connectivity index (χ4n) is 1.05. The Balaban J connectivity index is 2.72. The van der Waals surface area contributed by atoms with Gasteiger partial charge in [-0.05, 0) is 0 Å². The zero-order valence-corrected chi connectivity index (χ0v) is 6.28. The molecule has 0 aliphatic rings. The number of aromatic nitrogens is 3. The van der Waals surface area contributed by atoms with Crippen LogP contribution in [0.1, 0.15) is 5.56 Å². The minimum absolute atomic E-state index is 0.0324. The van der Waals surface area contributed by atoms with Crippen molar-refractivity contribution in [1.29, 1.82) is 0 Å².